The van der Waals surface area contributed by atoms with Crippen LogP contribution in [0.1, 0.15) is 30.4 Å². The van der Waals surface area contributed by atoms with Crippen LogP contribution >= 0.6 is 0 Å². The van der Waals surface area contributed by atoms with Gasteiger partial charge in [0.25, 0.3) is 5.56 Å². The highest BCUT2D eigenvalue weighted by atomic mass is 16.5. The van der Waals surface area contributed by atoms with Gasteiger partial charge < -0.3 is 14.7 Å². The van der Waals surface area contributed by atoms with E-state index in [1.54, 1.807) is 17.7 Å². The molecule has 0 fully saturated rings. The minimum absolute atomic E-state index is 0.0957. The van der Waals surface area contributed by atoms with Gasteiger partial charge in [0, 0.05) is 55.0 Å². The van der Waals surface area contributed by atoms with Gasteiger partial charge in [0.15, 0.2) is 0 Å². The van der Waals surface area contributed by atoms with Gasteiger partial charge in [-0.3, -0.25) is 9.36 Å². The second-order valence-electron chi connectivity index (χ2n) is 10.2. The third kappa shape index (κ3) is 4.91. The average Bonchev–Trinajstić information content (AvgIpc) is 3.40. The molecule has 0 radical (unpaired) electrons. The normalized spacial score (nSPS) is 13.9. The smallest absolute Gasteiger partial charge is 0.260 e. The summed E-state index contributed by atoms with van der Waals surface area (Å²) in [6, 6.07) is 16.0. The molecular formula is C31H31N7O2. The lowest BCUT2D eigenvalue weighted by Crippen LogP contribution is -2.23. The van der Waals surface area contributed by atoms with Gasteiger partial charge in [-0.1, -0.05) is 35.5 Å². The molecule has 1 aliphatic heterocycles. The Kier molecular flexibility index (Phi) is 6.73. The minimum Gasteiger partial charge on any atom is -0.339 e. The molecule has 1 N–H and O–H groups in total. The lowest BCUT2D eigenvalue weighted by Gasteiger charge is -2.22. The number of hydrogen-bond acceptors (Lipinski definition) is 8. The number of anilines is 2. The van der Waals surface area contributed by atoms with Gasteiger partial charge in [-0.25, -0.2) is 4.98 Å². The highest BCUT2D eigenvalue weighted by Gasteiger charge is 2.16. The van der Waals surface area contributed by atoms with Gasteiger partial charge in [0.05, 0.1) is 0 Å². The Balaban J connectivity index is 1.30. The van der Waals surface area contributed by atoms with Gasteiger partial charge in [-0.2, -0.15) is 9.97 Å². The number of pyridine rings is 1. The van der Waals surface area contributed by atoms with E-state index in [0.29, 0.717) is 35.4 Å². The zero-order valence-electron chi connectivity index (χ0n) is 23.1. The molecule has 0 amide bonds. The first-order valence-electron chi connectivity index (χ1n) is 13.5. The number of benzene rings is 2. The van der Waals surface area contributed by atoms with Crippen LogP contribution in [-0.4, -0.2) is 49.7 Å². The predicted molar refractivity (Wildman–Crippen MR) is 157 cm³/mol. The van der Waals surface area contributed by atoms with E-state index >= 15 is 0 Å². The third-order valence-corrected chi connectivity index (χ3v) is 7.37. The Morgan fingerprint density at radius 2 is 1.80 bits per heavy atom. The van der Waals surface area contributed by atoms with Crippen LogP contribution in [0.2, 0.25) is 0 Å². The molecule has 40 heavy (non-hydrogen) atoms. The molecule has 0 bridgehead atoms. The molecule has 5 aromatic rings. The fourth-order valence-corrected chi connectivity index (χ4v) is 5.16. The molecule has 3 aromatic heterocycles. The number of nitrogens with zero attached hydrogens (tertiary/aromatic N) is 6. The molecule has 0 saturated heterocycles. The highest BCUT2D eigenvalue weighted by molar-refractivity contribution is 5.83. The quantitative estimate of drug-likeness (QED) is 0.301. The summed E-state index contributed by atoms with van der Waals surface area (Å²) < 4.78 is 6.81. The van der Waals surface area contributed by atoms with Gasteiger partial charge >= 0.3 is 0 Å². The maximum Gasteiger partial charge on any atom is 0.260 e. The summed E-state index contributed by atoms with van der Waals surface area (Å²) in [6.07, 6.45) is 5.11. The molecule has 0 saturated carbocycles. The van der Waals surface area contributed by atoms with E-state index in [-0.39, 0.29) is 5.56 Å². The van der Waals surface area contributed by atoms with Crippen molar-refractivity contribution in [2.45, 2.75) is 33.7 Å². The maximum absolute atomic E-state index is 13.6. The highest BCUT2D eigenvalue weighted by Crippen LogP contribution is 2.28. The molecule has 1 aliphatic rings. The van der Waals surface area contributed by atoms with E-state index in [4.69, 9.17) is 9.51 Å². The zero-order chi connectivity index (χ0) is 27.8. The molecule has 0 atom stereocenters. The number of fused-ring (bicyclic) bond motifs is 1. The number of rotatable bonds is 6. The van der Waals surface area contributed by atoms with Crippen molar-refractivity contribution in [3.05, 3.63) is 88.2 Å². The van der Waals surface area contributed by atoms with Crippen LogP contribution in [0.25, 0.3) is 39.1 Å². The SMILES string of the molecule is CCn1c(=O)c(-c2ccc(-c3noc(C)n3)cc2C)cc2cnc(Nc3ccc(C4=CCN(C)CC4)cc3)nc21. The van der Waals surface area contributed by atoms with Crippen molar-refractivity contribution in [1.82, 2.24) is 29.6 Å². The molecule has 9 nitrogen and oxygen atoms in total. The van der Waals surface area contributed by atoms with E-state index in [1.807, 2.05) is 50.2 Å². The fraction of sp³-hybridized carbons (Fsp3) is 0.258. The first-order valence-corrected chi connectivity index (χ1v) is 13.5. The fourth-order valence-electron chi connectivity index (χ4n) is 5.16. The summed E-state index contributed by atoms with van der Waals surface area (Å²) in [7, 11) is 2.14. The Labute approximate surface area is 232 Å². The molecule has 4 heterocycles. The molecule has 0 spiro atoms. The Bertz CT molecular complexity index is 1800. The monoisotopic (exact) mass is 533 g/mol. The number of aryl methyl sites for hydroxylation is 3. The van der Waals surface area contributed by atoms with E-state index in [1.165, 1.54) is 11.1 Å². The van der Waals surface area contributed by atoms with Crippen LogP contribution in [0.15, 0.2) is 70.1 Å². The number of hydrogen-bond donors (Lipinski definition) is 1. The Morgan fingerprint density at radius 3 is 2.48 bits per heavy atom. The van der Waals surface area contributed by atoms with Crippen LogP contribution in [-0.2, 0) is 6.54 Å². The van der Waals surface area contributed by atoms with E-state index in [0.717, 1.165) is 47.3 Å². The summed E-state index contributed by atoms with van der Waals surface area (Å²) >= 11 is 0. The number of likely N-dealkylation sites (N-methyl/N-ethyl adjacent to an activating group) is 1. The predicted octanol–water partition coefficient (Wildman–Crippen LogP) is 5.61. The summed E-state index contributed by atoms with van der Waals surface area (Å²) in [5.41, 5.74) is 7.24. The van der Waals surface area contributed by atoms with Crippen molar-refractivity contribution in [3.8, 4) is 22.5 Å². The third-order valence-electron chi connectivity index (χ3n) is 7.37. The zero-order valence-corrected chi connectivity index (χ0v) is 23.1. The van der Waals surface area contributed by atoms with Crippen molar-refractivity contribution >= 4 is 28.2 Å². The molecule has 6 rings (SSSR count). The van der Waals surface area contributed by atoms with Gasteiger partial charge in [0.2, 0.25) is 17.7 Å². The van der Waals surface area contributed by atoms with Crippen molar-refractivity contribution < 1.29 is 4.52 Å². The van der Waals surface area contributed by atoms with Crippen LogP contribution < -0.4 is 10.9 Å². The van der Waals surface area contributed by atoms with Gasteiger partial charge in [-0.15, -0.1) is 0 Å². The van der Waals surface area contributed by atoms with E-state index < -0.39 is 0 Å². The van der Waals surface area contributed by atoms with E-state index in [9.17, 15) is 4.79 Å². The van der Waals surface area contributed by atoms with E-state index in [2.05, 4.69) is 50.6 Å². The number of nitrogens with one attached hydrogen (secondary N) is 1. The summed E-state index contributed by atoms with van der Waals surface area (Å²) in [5.74, 6) is 1.48. The molecule has 0 unspecified atom stereocenters. The second kappa shape index (κ2) is 10.5. The van der Waals surface area contributed by atoms with Crippen molar-refractivity contribution in [1.29, 1.82) is 0 Å². The molecule has 0 aliphatic carbocycles. The largest absolute Gasteiger partial charge is 0.339 e. The van der Waals surface area contributed by atoms with Gasteiger partial charge in [-0.05, 0) is 73.8 Å². The van der Waals surface area contributed by atoms with Crippen molar-refractivity contribution in [2.75, 3.05) is 25.5 Å². The second-order valence-corrected chi connectivity index (χ2v) is 10.2. The Morgan fingerprint density at radius 1 is 1.00 bits per heavy atom. The van der Waals surface area contributed by atoms with Crippen molar-refractivity contribution in [3.63, 3.8) is 0 Å². The lowest BCUT2D eigenvalue weighted by molar-refractivity contribution is 0.370. The first kappa shape index (κ1) is 25.6. The average molecular weight is 534 g/mol. The summed E-state index contributed by atoms with van der Waals surface area (Å²) in [4.78, 5) is 29.5. The molecule has 202 valence electrons. The molecular weight excluding hydrogens is 502 g/mol. The molecule has 9 heteroatoms. The first-order chi connectivity index (χ1) is 19.4. The maximum atomic E-state index is 13.6. The van der Waals surface area contributed by atoms with Crippen molar-refractivity contribution in [2.24, 2.45) is 0 Å². The molecule has 2 aromatic carbocycles. The standard InChI is InChI=1S/C31H31N7O2/c1-5-38-29-24(17-27(30(38)39)26-11-8-23(16-19(26)2)28-33-20(3)40-36-28)18-32-31(35-29)34-25-9-6-21(7-10-25)22-12-14-37(4)15-13-22/h6-12,16-18H,5,13-15H2,1-4H3,(H,32,34,35). The topological polar surface area (TPSA) is 102 Å². The summed E-state index contributed by atoms with van der Waals surface area (Å²) in [5, 5.41) is 8.10. The summed E-state index contributed by atoms with van der Waals surface area (Å²) in [6.45, 7) is 8.22. The van der Waals surface area contributed by atoms with Crippen LogP contribution in [0.5, 0.6) is 0 Å². The van der Waals surface area contributed by atoms with Crippen LogP contribution in [0.3, 0.4) is 0 Å². The van der Waals surface area contributed by atoms with Crippen LogP contribution in [0.4, 0.5) is 11.6 Å². The van der Waals surface area contributed by atoms with Crippen LogP contribution in [0, 0.1) is 13.8 Å². The minimum atomic E-state index is -0.0957. The lowest BCUT2D eigenvalue weighted by atomic mass is 9.98. The Hall–Kier alpha value is -4.63. The van der Waals surface area contributed by atoms with Gasteiger partial charge in [0.1, 0.15) is 5.65 Å². The number of aromatic nitrogens is 5.